The van der Waals surface area contributed by atoms with Crippen molar-refractivity contribution < 1.29 is 13.7 Å². The number of hydrogen-bond acceptors (Lipinski definition) is 7. The van der Waals surface area contributed by atoms with Crippen molar-refractivity contribution in [1.29, 1.82) is 0 Å². The summed E-state index contributed by atoms with van der Waals surface area (Å²) in [7, 11) is 1.67. The van der Waals surface area contributed by atoms with Crippen molar-refractivity contribution >= 4 is 11.3 Å². The molecule has 3 heterocycles. The van der Waals surface area contributed by atoms with Crippen LogP contribution in [0.3, 0.4) is 0 Å². The molecule has 0 radical (unpaired) electrons. The van der Waals surface area contributed by atoms with Gasteiger partial charge in [0.15, 0.2) is 0 Å². The molecule has 1 unspecified atom stereocenters. The van der Waals surface area contributed by atoms with Crippen molar-refractivity contribution in [2.45, 2.75) is 25.3 Å². The Morgan fingerprint density at radius 2 is 2.03 bits per heavy atom. The summed E-state index contributed by atoms with van der Waals surface area (Å²) in [5.41, 5.74) is 2.88. The molecule has 1 aliphatic heterocycles. The molecule has 1 aliphatic rings. The molecule has 0 saturated carbocycles. The Kier molecular flexibility index (Phi) is 5.96. The van der Waals surface area contributed by atoms with Gasteiger partial charge in [0, 0.05) is 29.6 Å². The van der Waals surface area contributed by atoms with Gasteiger partial charge < -0.3 is 9.26 Å². The van der Waals surface area contributed by atoms with E-state index in [0.29, 0.717) is 11.7 Å². The van der Waals surface area contributed by atoms with Gasteiger partial charge in [0.05, 0.1) is 18.7 Å². The van der Waals surface area contributed by atoms with Crippen LogP contribution in [0.15, 0.2) is 58.4 Å². The van der Waals surface area contributed by atoms with Crippen molar-refractivity contribution in [3.05, 3.63) is 71.3 Å². The van der Waals surface area contributed by atoms with Crippen molar-refractivity contribution in [1.82, 2.24) is 20.0 Å². The quantitative estimate of drug-likeness (QED) is 0.393. The number of nitrogens with zero attached hydrogens (tertiary/aromatic N) is 4. The fourth-order valence-corrected chi connectivity index (χ4v) is 4.82. The molecule has 4 aromatic rings. The average molecular weight is 451 g/mol. The molecule has 0 aliphatic carbocycles. The second-order valence-corrected chi connectivity index (χ2v) is 8.77. The zero-order valence-corrected chi connectivity index (χ0v) is 18.5. The highest BCUT2D eigenvalue weighted by Crippen LogP contribution is 2.30. The fourth-order valence-electron chi connectivity index (χ4n) is 4.02. The van der Waals surface area contributed by atoms with Crippen LogP contribution in [0.4, 0.5) is 4.39 Å². The Balaban J connectivity index is 1.25. The number of benzene rings is 2. The van der Waals surface area contributed by atoms with E-state index in [9.17, 15) is 4.39 Å². The Labute approximate surface area is 189 Å². The van der Waals surface area contributed by atoms with Crippen LogP contribution in [0.2, 0.25) is 0 Å². The Morgan fingerprint density at radius 3 is 2.88 bits per heavy atom. The van der Waals surface area contributed by atoms with Crippen LogP contribution < -0.4 is 4.74 Å². The average Bonchev–Trinajstić information content (AvgIpc) is 3.50. The number of ether oxygens (including phenoxy) is 1. The topological polar surface area (TPSA) is 64.3 Å². The van der Waals surface area contributed by atoms with E-state index in [1.807, 2.05) is 18.2 Å². The van der Waals surface area contributed by atoms with Gasteiger partial charge in [0.25, 0.3) is 0 Å². The summed E-state index contributed by atoms with van der Waals surface area (Å²) in [6.45, 7) is 2.65. The minimum atomic E-state index is -0.281. The van der Waals surface area contributed by atoms with E-state index in [1.54, 1.807) is 30.6 Å². The highest BCUT2D eigenvalue weighted by atomic mass is 32.1. The van der Waals surface area contributed by atoms with Gasteiger partial charge in [-0.2, -0.15) is 4.98 Å². The summed E-state index contributed by atoms with van der Waals surface area (Å²) in [6.07, 6.45) is 2.07. The van der Waals surface area contributed by atoms with Gasteiger partial charge in [-0.15, -0.1) is 11.3 Å². The van der Waals surface area contributed by atoms with E-state index in [2.05, 4.69) is 26.5 Å². The number of piperidine rings is 1. The first kappa shape index (κ1) is 20.8. The molecule has 1 saturated heterocycles. The summed E-state index contributed by atoms with van der Waals surface area (Å²) < 4.78 is 24.1. The molecule has 164 valence electrons. The lowest BCUT2D eigenvalue weighted by atomic mass is 9.98. The number of hydrogen-bond donors (Lipinski definition) is 0. The molecule has 2 aromatic carbocycles. The molecule has 5 rings (SSSR count). The summed E-state index contributed by atoms with van der Waals surface area (Å²) in [4.78, 5) is 11.8. The SMILES string of the molecule is COc1cccc(-c2nc(CN3CCCC(c4nc(-c5ccc(F)cc5)no4)C3)cs2)c1. The summed E-state index contributed by atoms with van der Waals surface area (Å²) in [5, 5.41) is 7.22. The molecule has 6 nitrogen and oxygen atoms in total. The van der Waals surface area contributed by atoms with Crippen molar-refractivity contribution in [2.75, 3.05) is 20.2 Å². The number of thiazole rings is 1. The second-order valence-electron chi connectivity index (χ2n) is 7.91. The van der Waals surface area contributed by atoms with Crippen molar-refractivity contribution in [2.24, 2.45) is 0 Å². The largest absolute Gasteiger partial charge is 0.497 e. The van der Waals surface area contributed by atoms with Gasteiger partial charge in [-0.05, 0) is 55.8 Å². The standard InChI is InChI=1S/C24H23FN4O2S/c1-30-21-6-2-4-17(12-21)24-26-20(15-32-24)14-29-11-3-5-18(13-29)23-27-22(28-31-23)16-7-9-19(25)10-8-16/h2,4,6-10,12,15,18H,3,5,11,13-14H2,1H3. The van der Waals surface area contributed by atoms with E-state index in [1.165, 1.54) is 12.1 Å². The maximum Gasteiger partial charge on any atom is 0.231 e. The molecule has 0 spiro atoms. The third-order valence-corrected chi connectivity index (χ3v) is 6.59. The van der Waals surface area contributed by atoms with E-state index in [-0.39, 0.29) is 11.7 Å². The molecular formula is C24H23FN4O2S. The molecule has 8 heteroatoms. The van der Waals surface area contributed by atoms with Crippen LogP contribution in [0.5, 0.6) is 5.75 Å². The van der Waals surface area contributed by atoms with Crippen LogP contribution in [-0.4, -0.2) is 40.2 Å². The predicted molar refractivity (Wildman–Crippen MR) is 121 cm³/mol. The van der Waals surface area contributed by atoms with Crippen LogP contribution >= 0.6 is 11.3 Å². The lowest BCUT2D eigenvalue weighted by Crippen LogP contribution is -2.34. The first-order valence-corrected chi connectivity index (χ1v) is 11.5. The highest BCUT2D eigenvalue weighted by molar-refractivity contribution is 7.13. The Hall–Kier alpha value is -3.10. The minimum Gasteiger partial charge on any atom is -0.497 e. The van der Waals surface area contributed by atoms with Gasteiger partial charge in [0.2, 0.25) is 11.7 Å². The molecule has 1 atom stereocenters. The molecule has 32 heavy (non-hydrogen) atoms. The third kappa shape index (κ3) is 4.56. The smallest absolute Gasteiger partial charge is 0.231 e. The Bertz CT molecular complexity index is 1190. The van der Waals surface area contributed by atoms with Crippen molar-refractivity contribution in [3.8, 4) is 27.7 Å². The van der Waals surface area contributed by atoms with Crippen LogP contribution in [0.1, 0.15) is 30.3 Å². The number of aromatic nitrogens is 3. The molecule has 0 N–H and O–H groups in total. The maximum absolute atomic E-state index is 13.2. The fraction of sp³-hybridized carbons (Fsp3) is 0.292. The lowest BCUT2D eigenvalue weighted by Gasteiger charge is -2.30. The van der Waals surface area contributed by atoms with Crippen molar-refractivity contribution in [3.63, 3.8) is 0 Å². The number of halogens is 1. The number of methoxy groups -OCH3 is 1. The molecule has 0 amide bonds. The lowest BCUT2D eigenvalue weighted by molar-refractivity contribution is 0.179. The highest BCUT2D eigenvalue weighted by Gasteiger charge is 2.26. The third-order valence-electron chi connectivity index (χ3n) is 5.65. The normalized spacial score (nSPS) is 16.9. The van der Waals surface area contributed by atoms with Gasteiger partial charge in [-0.25, -0.2) is 9.37 Å². The predicted octanol–water partition coefficient (Wildman–Crippen LogP) is 5.39. The van der Waals surface area contributed by atoms with Gasteiger partial charge in [-0.3, -0.25) is 4.90 Å². The molecule has 0 bridgehead atoms. The first-order chi connectivity index (χ1) is 15.7. The zero-order chi connectivity index (χ0) is 21.9. The van der Waals surface area contributed by atoms with Gasteiger partial charge >= 0.3 is 0 Å². The maximum atomic E-state index is 13.2. The number of likely N-dealkylation sites (tertiary alicyclic amines) is 1. The molecular weight excluding hydrogens is 427 g/mol. The van der Waals surface area contributed by atoms with E-state index < -0.39 is 0 Å². The van der Waals surface area contributed by atoms with E-state index in [4.69, 9.17) is 14.2 Å². The van der Waals surface area contributed by atoms with E-state index in [0.717, 1.165) is 60.1 Å². The van der Waals surface area contributed by atoms with Crippen LogP contribution in [0.25, 0.3) is 22.0 Å². The number of rotatable bonds is 6. The zero-order valence-electron chi connectivity index (χ0n) is 17.7. The van der Waals surface area contributed by atoms with Gasteiger partial charge in [-0.1, -0.05) is 17.3 Å². The summed E-state index contributed by atoms with van der Waals surface area (Å²) >= 11 is 1.65. The molecule has 1 fully saturated rings. The van der Waals surface area contributed by atoms with Crippen LogP contribution in [0, 0.1) is 5.82 Å². The van der Waals surface area contributed by atoms with Crippen LogP contribution in [-0.2, 0) is 6.54 Å². The van der Waals surface area contributed by atoms with E-state index >= 15 is 0 Å². The molecule has 2 aromatic heterocycles. The Morgan fingerprint density at radius 1 is 1.16 bits per heavy atom. The monoisotopic (exact) mass is 450 g/mol. The second kappa shape index (κ2) is 9.18. The summed E-state index contributed by atoms with van der Waals surface area (Å²) in [6, 6.07) is 14.1. The first-order valence-electron chi connectivity index (χ1n) is 10.6. The summed E-state index contributed by atoms with van der Waals surface area (Å²) in [5.74, 6) is 1.88. The van der Waals surface area contributed by atoms with Gasteiger partial charge in [0.1, 0.15) is 16.6 Å². The minimum absolute atomic E-state index is 0.182.